The van der Waals surface area contributed by atoms with Crippen LogP contribution in [0, 0.1) is 0 Å². The lowest BCUT2D eigenvalue weighted by molar-refractivity contribution is 0.550. The number of aromatic nitrogens is 2. The van der Waals surface area contributed by atoms with Crippen LogP contribution in [0.25, 0.3) is 106 Å². The van der Waals surface area contributed by atoms with Gasteiger partial charge < -0.3 is 4.57 Å². The van der Waals surface area contributed by atoms with Crippen LogP contribution in [0.3, 0.4) is 0 Å². The molecule has 11 aromatic rings. The van der Waals surface area contributed by atoms with Crippen LogP contribution in [-0.4, -0.2) is 9.55 Å². The molecule has 0 saturated heterocycles. The third kappa shape index (κ3) is 6.17. The standard InChI is InChI=1S/C69H52N2/c1-3-19-61-55(17-1)57-30-24-51(43-63(57)68(61)34-6-7-35-68)49-26-32-66-59(41-49)60-42-50(52-25-31-58-56-18-2-4-20-62(56)69(64(58)44-52)36-8-9-37-69)27-33-67(60)71(66)54-28-22-45(23-29-54)46-13-11-14-47(39-46)48-15-12-16-53(40-48)65-21-5-10-38-70-65/h1-5,10-33,38-44H,6-9,34-37H2. The molecule has 0 unspecified atom stereocenters. The molecule has 71 heavy (non-hydrogen) atoms. The molecule has 15 rings (SSSR count). The summed E-state index contributed by atoms with van der Waals surface area (Å²) in [6, 6.07) is 80.5. The predicted octanol–water partition coefficient (Wildman–Crippen LogP) is 18.2. The molecule has 2 heterocycles. The Labute approximate surface area is 416 Å². The minimum Gasteiger partial charge on any atom is -0.309 e. The van der Waals surface area contributed by atoms with E-state index in [2.05, 4.69) is 210 Å². The second kappa shape index (κ2) is 15.7. The Morgan fingerprint density at radius 3 is 1.27 bits per heavy atom. The van der Waals surface area contributed by atoms with Gasteiger partial charge in [0.05, 0.1) is 16.7 Å². The summed E-state index contributed by atoms with van der Waals surface area (Å²) < 4.78 is 2.49. The van der Waals surface area contributed by atoms with Gasteiger partial charge >= 0.3 is 0 Å². The number of nitrogens with zero attached hydrogens (tertiary/aromatic N) is 2. The smallest absolute Gasteiger partial charge is 0.0702 e. The van der Waals surface area contributed by atoms with Gasteiger partial charge in [0.1, 0.15) is 0 Å². The summed E-state index contributed by atoms with van der Waals surface area (Å²) in [4.78, 5) is 4.61. The highest BCUT2D eigenvalue weighted by Crippen LogP contribution is 2.59. The van der Waals surface area contributed by atoms with Crippen LogP contribution in [-0.2, 0) is 10.8 Å². The molecule has 0 aliphatic heterocycles. The van der Waals surface area contributed by atoms with Crippen LogP contribution < -0.4 is 0 Å². The Hall–Kier alpha value is -8.07. The zero-order valence-corrected chi connectivity index (χ0v) is 39.8. The summed E-state index contributed by atoms with van der Waals surface area (Å²) in [5.41, 5.74) is 27.7. The molecular formula is C69H52N2. The van der Waals surface area contributed by atoms with Crippen molar-refractivity contribution in [3.05, 3.63) is 241 Å². The Balaban J connectivity index is 0.851. The van der Waals surface area contributed by atoms with E-state index in [1.54, 1.807) is 0 Å². The molecule has 2 heteroatoms. The van der Waals surface area contributed by atoms with Crippen LogP contribution in [0.15, 0.2) is 219 Å². The van der Waals surface area contributed by atoms with Gasteiger partial charge in [-0.3, -0.25) is 4.98 Å². The van der Waals surface area contributed by atoms with Crippen molar-refractivity contribution in [1.82, 2.24) is 9.55 Å². The Kier molecular flexibility index (Phi) is 9.03. The average molecular weight is 909 g/mol. The molecule has 2 spiro atoms. The predicted molar refractivity (Wildman–Crippen MR) is 295 cm³/mol. The first-order valence-electron chi connectivity index (χ1n) is 25.9. The number of hydrogen-bond acceptors (Lipinski definition) is 1. The largest absolute Gasteiger partial charge is 0.309 e. The third-order valence-corrected chi connectivity index (χ3v) is 17.4. The summed E-state index contributed by atoms with van der Waals surface area (Å²) in [5, 5.41) is 2.56. The zero-order chi connectivity index (χ0) is 46.7. The molecular weight excluding hydrogens is 857 g/mol. The second-order valence-corrected chi connectivity index (χ2v) is 20.9. The van der Waals surface area contributed by atoms with Gasteiger partial charge in [-0.05, 0) is 187 Å². The first-order chi connectivity index (χ1) is 35.1. The molecule has 0 atom stereocenters. The molecule has 2 fully saturated rings. The summed E-state index contributed by atoms with van der Waals surface area (Å²) in [6.07, 6.45) is 12.0. The van der Waals surface area contributed by atoms with Gasteiger partial charge in [-0.15, -0.1) is 0 Å². The normalized spacial score (nSPS) is 15.7. The lowest BCUT2D eigenvalue weighted by Gasteiger charge is -2.27. The highest BCUT2D eigenvalue weighted by molar-refractivity contribution is 6.12. The summed E-state index contributed by atoms with van der Waals surface area (Å²) in [5.74, 6) is 0. The van der Waals surface area contributed by atoms with E-state index in [4.69, 9.17) is 0 Å². The van der Waals surface area contributed by atoms with Crippen molar-refractivity contribution in [2.45, 2.75) is 62.2 Å². The van der Waals surface area contributed by atoms with Crippen LogP contribution in [0.5, 0.6) is 0 Å². The maximum absolute atomic E-state index is 4.61. The summed E-state index contributed by atoms with van der Waals surface area (Å²) >= 11 is 0. The van der Waals surface area contributed by atoms with E-state index in [-0.39, 0.29) is 10.8 Å². The minimum absolute atomic E-state index is 0.129. The van der Waals surface area contributed by atoms with Gasteiger partial charge in [0.15, 0.2) is 0 Å². The molecule has 9 aromatic carbocycles. The fourth-order valence-corrected chi connectivity index (χ4v) is 14.0. The highest BCUT2D eigenvalue weighted by Gasteiger charge is 2.46. The van der Waals surface area contributed by atoms with E-state index in [9.17, 15) is 0 Å². The number of rotatable bonds is 6. The van der Waals surface area contributed by atoms with Crippen LogP contribution in [0.2, 0.25) is 0 Å². The SMILES string of the molecule is c1ccc(-c2cccc(-c3cccc(-c4ccc(-n5c6ccc(-c7ccc8c(c7)C7(CCCC7)c7ccccc7-8)cc6c6cc(-c7ccc8c(c7)C7(CCCC7)c7ccccc7-8)ccc65)cc4)c3)c2)nc1. The minimum atomic E-state index is 0.129. The molecule has 0 bridgehead atoms. The molecule has 4 aliphatic rings. The fraction of sp³-hybridized carbons (Fsp3) is 0.145. The molecule has 4 aliphatic carbocycles. The molecule has 2 aromatic heterocycles. The zero-order valence-electron chi connectivity index (χ0n) is 39.8. The Morgan fingerprint density at radius 2 is 0.732 bits per heavy atom. The van der Waals surface area contributed by atoms with E-state index in [1.165, 1.54) is 162 Å². The van der Waals surface area contributed by atoms with E-state index >= 15 is 0 Å². The molecule has 2 saturated carbocycles. The summed E-state index contributed by atoms with van der Waals surface area (Å²) in [6.45, 7) is 0. The second-order valence-electron chi connectivity index (χ2n) is 20.9. The van der Waals surface area contributed by atoms with Crippen molar-refractivity contribution >= 4 is 21.8 Å². The summed E-state index contributed by atoms with van der Waals surface area (Å²) in [7, 11) is 0. The van der Waals surface area contributed by atoms with Gasteiger partial charge in [0.25, 0.3) is 0 Å². The number of fused-ring (bicyclic) bond motifs is 13. The highest BCUT2D eigenvalue weighted by atomic mass is 15.0. The van der Waals surface area contributed by atoms with Gasteiger partial charge in [-0.2, -0.15) is 0 Å². The van der Waals surface area contributed by atoms with Crippen molar-refractivity contribution in [2.75, 3.05) is 0 Å². The van der Waals surface area contributed by atoms with E-state index < -0.39 is 0 Å². The van der Waals surface area contributed by atoms with Gasteiger partial charge in [-0.1, -0.05) is 165 Å². The van der Waals surface area contributed by atoms with Gasteiger partial charge in [0.2, 0.25) is 0 Å². The van der Waals surface area contributed by atoms with Crippen molar-refractivity contribution in [1.29, 1.82) is 0 Å². The van der Waals surface area contributed by atoms with Crippen LogP contribution in [0.4, 0.5) is 0 Å². The van der Waals surface area contributed by atoms with Crippen LogP contribution >= 0.6 is 0 Å². The first-order valence-corrected chi connectivity index (χ1v) is 25.9. The van der Waals surface area contributed by atoms with Crippen LogP contribution in [0.1, 0.15) is 73.6 Å². The molecule has 0 N–H and O–H groups in total. The molecule has 338 valence electrons. The van der Waals surface area contributed by atoms with Gasteiger partial charge in [0, 0.05) is 39.1 Å². The maximum Gasteiger partial charge on any atom is 0.0702 e. The topological polar surface area (TPSA) is 17.8 Å². The average Bonchev–Trinajstić information content (AvgIpc) is 4.30. The third-order valence-electron chi connectivity index (χ3n) is 17.4. The van der Waals surface area contributed by atoms with Crippen molar-refractivity contribution in [3.8, 4) is 83.7 Å². The fourth-order valence-electron chi connectivity index (χ4n) is 14.0. The lowest BCUT2D eigenvalue weighted by Crippen LogP contribution is -2.20. The van der Waals surface area contributed by atoms with E-state index in [0.29, 0.717) is 0 Å². The number of hydrogen-bond donors (Lipinski definition) is 0. The van der Waals surface area contributed by atoms with Crippen molar-refractivity contribution < 1.29 is 0 Å². The lowest BCUT2D eigenvalue weighted by atomic mass is 9.76. The van der Waals surface area contributed by atoms with Gasteiger partial charge in [-0.25, -0.2) is 0 Å². The number of benzene rings is 9. The molecule has 0 radical (unpaired) electrons. The Morgan fingerprint density at radius 1 is 0.310 bits per heavy atom. The first kappa shape index (κ1) is 40.8. The van der Waals surface area contributed by atoms with E-state index in [1.807, 2.05) is 18.3 Å². The molecule has 2 nitrogen and oxygen atoms in total. The van der Waals surface area contributed by atoms with E-state index in [0.717, 1.165) is 16.9 Å². The quantitative estimate of drug-likeness (QED) is 0.163. The van der Waals surface area contributed by atoms with Crippen molar-refractivity contribution in [3.63, 3.8) is 0 Å². The number of pyridine rings is 1. The molecule has 0 amide bonds. The van der Waals surface area contributed by atoms with Crippen molar-refractivity contribution in [2.24, 2.45) is 0 Å². The monoisotopic (exact) mass is 908 g/mol. The Bertz CT molecular complexity index is 3760. The maximum atomic E-state index is 4.61.